The summed E-state index contributed by atoms with van der Waals surface area (Å²) in [6.45, 7) is 1.01. The van der Waals surface area contributed by atoms with E-state index in [0.29, 0.717) is 5.56 Å². The maximum Gasteiger partial charge on any atom is 0.446 e. The molecule has 9 heteroatoms. The van der Waals surface area contributed by atoms with Crippen LogP contribution in [-0.4, -0.2) is 23.7 Å². The summed E-state index contributed by atoms with van der Waals surface area (Å²) in [7, 11) is 0. The van der Waals surface area contributed by atoms with Gasteiger partial charge < -0.3 is 0 Å². The number of amidine groups is 1. The Morgan fingerprint density at radius 1 is 1.08 bits per heavy atom. The van der Waals surface area contributed by atoms with Crippen molar-refractivity contribution >= 4 is 5.84 Å². The van der Waals surface area contributed by atoms with Gasteiger partial charge in [-0.3, -0.25) is 4.99 Å². The summed E-state index contributed by atoms with van der Waals surface area (Å²) < 4.78 is 80.4. The van der Waals surface area contributed by atoms with Crippen LogP contribution >= 0.6 is 0 Å². The molecule has 0 aromatic heterocycles. The zero-order valence-corrected chi connectivity index (χ0v) is 12.3. The molecule has 1 aromatic rings. The zero-order chi connectivity index (χ0) is 18.2. The van der Waals surface area contributed by atoms with E-state index in [9.17, 15) is 26.3 Å². The van der Waals surface area contributed by atoms with Gasteiger partial charge in [0, 0.05) is 0 Å². The summed E-state index contributed by atoms with van der Waals surface area (Å²) in [5.74, 6) is -0.382. The Morgan fingerprint density at radius 3 is 2.08 bits per heavy atom. The molecule has 0 atom stereocenters. The fraction of sp³-hybridized carbons (Fsp3) is 0.333. The summed E-state index contributed by atoms with van der Waals surface area (Å²) in [6, 6.07) is 9.08. The molecule has 0 amide bonds. The van der Waals surface area contributed by atoms with Crippen LogP contribution in [0.3, 0.4) is 0 Å². The second-order valence-corrected chi connectivity index (χ2v) is 5.25. The minimum absolute atomic E-state index is 0.204. The van der Waals surface area contributed by atoms with E-state index in [4.69, 9.17) is 5.26 Å². The first kappa shape index (κ1) is 17.8. The molecular weight excluding hydrogens is 336 g/mol. The lowest BCUT2D eigenvalue weighted by Gasteiger charge is -2.34. The molecule has 0 radical (unpaired) electrons. The van der Waals surface area contributed by atoms with Gasteiger partial charge in [0.1, 0.15) is 17.3 Å². The van der Waals surface area contributed by atoms with Crippen LogP contribution in [0.15, 0.2) is 41.6 Å². The van der Waals surface area contributed by atoms with Crippen LogP contribution in [0.5, 0.6) is 0 Å². The van der Waals surface area contributed by atoms with Crippen molar-refractivity contribution in [3.05, 3.63) is 47.2 Å². The Balaban J connectivity index is 2.63. The SMILES string of the molecule is CC1=C(C#N)C(C(F)(F)F)(C(F)(F)F)[NH+]=C(Cc2ccccc2)N1. The van der Waals surface area contributed by atoms with Crippen LogP contribution in [-0.2, 0) is 6.42 Å². The highest BCUT2D eigenvalue weighted by Gasteiger charge is 2.78. The second-order valence-electron chi connectivity index (χ2n) is 5.25. The molecule has 0 fully saturated rings. The van der Waals surface area contributed by atoms with Crippen LogP contribution in [0.1, 0.15) is 12.5 Å². The Hall–Kier alpha value is -2.50. The van der Waals surface area contributed by atoms with Crippen molar-refractivity contribution < 1.29 is 31.3 Å². The smallest absolute Gasteiger partial charge is 0.251 e. The molecule has 1 aliphatic rings. The standard InChI is InChI=1S/C15H11F6N3/c1-9-11(8-22)13(14(16,17)18,15(19,20)21)24-12(23-9)7-10-5-3-2-4-6-10/h2-6H,7H2,1H3,(H,23,24)/p+1. The fourth-order valence-electron chi connectivity index (χ4n) is 2.53. The monoisotopic (exact) mass is 348 g/mol. The van der Waals surface area contributed by atoms with Crippen molar-refractivity contribution in [2.75, 3.05) is 0 Å². The number of hydrogen-bond acceptors (Lipinski definition) is 2. The van der Waals surface area contributed by atoms with Crippen molar-refractivity contribution in [2.24, 2.45) is 0 Å². The molecular formula is C15H12F6N3+. The van der Waals surface area contributed by atoms with Gasteiger partial charge in [-0.2, -0.15) is 31.6 Å². The molecule has 0 spiro atoms. The largest absolute Gasteiger partial charge is 0.446 e. The molecule has 1 aromatic carbocycles. The van der Waals surface area contributed by atoms with Gasteiger partial charge in [0.2, 0.25) is 0 Å². The minimum atomic E-state index is -5.75. The minimum Gasteiger partial charge on any atom is -0.251 e. The molecule has 0 saturated carbocycles. The summed E-state index contributed by atoms with van der Waals surface area (Å²) in [5.41, 5.74) is -5.86. The fourth-order valence-corrected chi connectivity index (χ4v) is 2.53. The van der Waals surface area contributed by atoms with Crippen molar-refractivity contribution in [3.63, 3.8) is 0 Å². The van der Waals surface area contributed by atoms with Gasteiger partial charge in [0.15, 0.2) is 0 Å². The number of allylic oxidation sites excluding steroid dienone is 1. The average Bonchev–Trinajstić information content (AvgIpc) is 2.45. The number of rotatable bonds is 2. The topological polar surface area (TPSA) is 49.8 Å². The van der Waals surface area contributed by atoms with E-state index in [1.165, 1.54) is 4.99 Å². The van der Waals surface area contributed by atoms with E-state index in [1.807, 2.05) is 0 Å². The van der Waals surface area contributed by atoms with Crippen molar-refractivity contribution in [3.8, 4) is 6.07 Å². The maximum atomic E-state index is 13.4. The summed E-state index contributed by atoms with van der Waals surface area (Å²) >= 11 is 0. The van der Waals surface area contributed by atoms with Crippen LogP contribution < -0.4 is 10.3 Å². The maximum absolute atomic E-state index is 13.4. The Bertz CT molecular complexity index is 708. The van der Waals surface area contributed by atoms with Gasteiger partial charge in [-0.05, 0) is 12.5 Å². The predicted octanol–water partition coefficient (Wildman–Crippen LogP) is 1.97. The van der Waals surface area contributed by atoms with E-state index in [0.717, 1.165) is 13.0 Å². The second kappa shape index (κ2) is 5.85. The Kier molecular flexibility index (Phi) is 4.35. The van der Waals surface area contributed by atoms with Gasteiger partial charge in [0.05, 0.1) is 6.42 Å². The first-order chi connectivity index (χ1) is 11.0. The molecule has 24 heavy (non-hydrogen) atoms. The third kappa shape index (κ3) is 2.84. The molecule has 0 aliphatic carbocycles. The summed E-state index contributed by atoms with van der Waals surface area (Å²) in [6.07, 6.45) is -11.7. The predicted molar refractivity (Wildman–Crippen MR) is 72.4 cm³/mol. The van der Waals surface area contributed by atoms with E-state index >= 15 is 0 Å². The van der Waals surface area contributed by atoms with Crippen LogP contribution in [0, 0.1) is 11.3 Å². The molecule has 1 heterocycles. The van der Waals surface area contributed by atoms with Crippen molar-refractivity contribution in [1.29, 1.82) is 5.26 Å². The van der Waals surface area contributed by atoms with Gasteiger partial charge in [-0.15, -0.1) is 0 Å². The number of nitrogens with one attached hydrogen (secondary N) is 2. The quantitative estimate of drug-likeness (QED) is 0.803. The summed E-state index contributed by atoms with van der Waals surface area (Å²) in [4.78, 5) is 1.50. The van der Waals surface area contributed by atoms with Crippen molar-refractivity contribution in [1.82, 2.24) is 5.32 Å². The molecule has 128 valence electrons. The van der Waals surface area contributed by atoms with Gasteiger partial charge >= 0.3 is 17.9 Å². The molecule has 1 aliphatic heterocycles. The van der Waals surface area contributed by atoms with Gasteiger partial charge in [0.25, 0.3) is 5.84 Å². The third-order valence-corrected chi connectivity index (χ3v) is 3.61. The van der Waals surface area contributed by atoms with E-state index in [-0.39, 0.29) is 12.3 Å². The number of nitriles is 1. The third-order valence-electron chi connectivity index (χ3n) is 3.61. The Morgan fingerprint density at radius 2 is 1.62 bits per heavy atom. The lowest BCUT2D eigenvalue weighted by Crippen LogP contribution is -2.99. The highest BCUT2D eigenvalue weighted by atomic mass is 19.4. The van der Waals surface area contributed by atoms with Crippen LogP contribution in [0.2, 0.25) is 0 Å². The van der Waals surface area contributed by atoms with Gasteiger partial charge in [-0.25, -0.2) is 5.32 Å². The van der Waals surface area contributed by atoms with E-state index in [1.54, 1.807) is 30.3 Å². The average molecular weight is 348 g/mol. The molecule has 0 bridgehead atoms. The van der Waals surface area contributed by atoms with E-state index in [2.05, 4.69) is 5.32 Å². The number of halogens is 6. The number of nitrogens with zero attached hydrogens (tertiary/aromatic N) is 1. The molecule has 2 N–H and O–H groups in total. The van der Waals surface area contributed by atoms with Crippen molar-refractivity contribution in [2.45, 2.75) is 31.2 Å². The number of benzene rings is 1. The zero-order valence-electron chi connectivity index (χ0n) is 12.3. The van der Waals surface area contributed by atoms with Gasteiger partial charge in [-0.1, -0.05) is 30.3 Å². The Labute approximate surface area is 133 Å². The number of alkyl halides is 6. The molecule has 2 rings (SSSR count). The lowest BCUT2D eigenvalue weighted by molar-refractivity contribution is -0.635. The number of hydrogen-bond donors (Lipinski definition) is 2. The normalized spacial score (nSPS) is 17.8. The van der Waals surface area contributed by atoms with Crippen LogP contribution in [0.25, 0.3) is 0 Å². The lowest BCUT2D eigenvalue weighted by atomic mass is 9.86. The summed E-state index contributed by atoms with van der Waals surface area (Å²) in [5, 5.41) is 11.3. The van der Waals surface area contributed by atoms with Crippen LogP contribution in [0.4, 0.5) is 26.3 Å². The highest BCUT2D eigenvalue weighted by molar-refractivity contribution is 5.82. The molecule has 0 unspecified atom stereocenters. The first-order valence-electron chi connectivity index (χ1n) is 6.73. The molecule has 0 saturated heterocycles. The van der Waals surface area contributed by atoms with E-state index < -0.39 is 29.2 Å². The molecule has 3 nitrogen and oxygen atoms in total. The first-order valence-corrected chi connectivity index (χ1v) is 6.73. The highest BCUT2D eigenvalue weighted by Crippen LogP contribution is 2.45.